The largest absolute Gasteiger partial charge is 0.369 e. The fourth-order valence-electron chi connectivity index (χ4n) is 1.24. The molecule has 4 heteroatoms. The van der Waals surface area contributed by atoms with Crippen molar-refractivity contribution in [2.75, 3.05) is 5.73 Å². The zero-order chi connectivity index (χ0) is 8.72. The van der Waals surface area contributed by atoms with Crippen molar-refractivity contribution >= 4 is 32.9 Å². The Morgan fingerprint density at radius 3 is 2.92 bits per heavy atom. The lowest BCUT2D eigenvalue weighted by atomic mass is 10.3. The van der Waals surface area contributed by atoms with Gasteiger partial charge in [-0.05, 0) is 28.1 Å². The molecule has 0 amide bonds. The van der Waals surface area contributed by atoms with Gasteiger partial charge in [-0.15, -0.1) is 0 Å². The maximum atomic E-state index is 5.65. The first-order chi connectivity index (χ1) is 5.70. The number of aromatic nitrogens is 2. The molecule has 0 saturated heterocycles. The minimum Gasteiger partial charge on any atom is -0.369 e. The summed E-state index contributed by atoms with van der Waals surface area (Å²) in [7, 11) is 1.90. The van der Waals surface area contributed by atoms with Gasteiger partial charge in [0, 0.05) is 11.5 Å². The van der Waals surface area contributed by atoms with Crippen molar-refractivity contribution in [3.8, 4) is 0 Å². The Hall–Kier alpha value is -1.03. The molecule has 0 aliphatic heterocycles. The van der Waals surface area contributed by atoms with E-state index in [1.54, 1.807) is 0 Å². The van der Waals surface area contributed by atoms with E-state index in [0.717, 1.165) is 15.5 Å². The van der Waals surface area contributed by atoms with E-state index in [-0.39, 0.29) is 0 Å². The number of hydrogen-bond donors (Lipinski definition) is 1. The summed E-state index contributed by atoms with van der Waals surface area (Å²) in [6.45, 7) is 0. The second-order valence-electron chi connectivity index (χ2n) is 2.64. The summed E-state index contributed by atoms with van der Waals surface area (Å²) in [6.07, 6.45) is 0. The molecule has 2 N–H and O–H groups in total. The summed E-state index contributed by atoms with van der Waals surface area (Å²) in [6, 6.07) is 5.86. The number of para-hydroxylation sites is 1. The molecule has 62 valence electrons. The maximum absolute atomic E-state index is 5.65. The molecular formula is C8H8BrN3. The molecule has 0 bridgehead atoms. The van der Waals surface area contributed by atoms with Crippen LogP contribution in [0.2, 0.25) is 0 Å². The molecule has 0 radical (unpaired) electrons. The van der Waals surface area contributed by atoms with Crippen molar-refractivity contribution in [3.05, 3.63) is 22.7 Å². The summed E-state index contributed by atoms with van der Waals surface area (Å²) in [5, 5.41) is 0. The van der Waals surface area contributed by atoms with Gasteiger partial charge in [-0.1, -0.05) is 6.07 Å². The Bertz CT molecular complexity index is 433. The molecule has 3 nitrogen and oxygen atoms in total. The third kappa shape index (κ3) is 0.914. The lowest BCUT2D eigenvalue weighted by Gasteiger charge is -1.97. The van der Waals surface area contributed by atoms with Gasteiger partial charge in [0.05, 0.1) is 11.0 Å². The van der Waals surface area contributed by atoms with E-state index in [0.29, 0.717) is 5.95 Å². The summed E-state index contributed by atoms with van der Waals surface area (Å²) in [4.78, 5) is 4.18. The molecule has 0 saturated carbocycles. The van der Waals surface area contributed by atoms with Crippen LogP contribution in [0.15, 0.2) is 22.7 Å². The number of fused-ring (bicyclic) bond motifs is 1. The zero-order valence-corrected chi connectivity index (χ0v) is 8.17. The number of nitrogens with zero attached hydrogens (tertiary/aromatic N) is 2. The Kier molecular flexibility index (Phi) is 1.58. The first-order valence-corrected chi connectivity index (χ1v) is 4.36. The minimum atomic E-state index is 0.539. The van der Waals surface area contributed by atoms with Crippen LogP contribution in [-0.4, -0.2) is 9.55 Å². The van der Waals surface area contributed by atoms with Crippen molar-refractivity contribution < 1.29 is 0 Å². The smallest absolute Gasteiger partial charge is 0.200 e. The van der Waals surface area contributed by atoms with E-state index < -0.39 is 0 Å². The number of imidazole rings is 1. The minimum absolute atomic E-state index is 0.539. The van der Waals surface area contributed by atoms with E-state index in [9.17, 15) is 0 Å². The van der Waals surface area contributed by atoms with Gasteiger partial charge in [0.15, 0.2) is 0 Å². The highest BCUT2D eigenvalue weighted by Gasteiger charge is 2.06. The van der Waals surface area contributed by atoms with Crippen molar-refractivity contribution in [1.29, 1.82) is 0 Å². The van der Waals surface area contributed by atoms with Gasteiger partial charge >= 0.3 is 0 Å². The lowest BCUT2D eigenvalue weighted by molar-refractivity contribution is 0.963. The van der Waals surface area contributed by atoms with E-state index in [4.69, 9.17) is 5.73 Å². The molecule has 0 spiro atoms. The van der Waals surface area contributed by atoms with Crippen molar-refractivity contribution in [1.82, 2.24) is 9.55 Å². The third-order valence-electron chi connectivity index (χ3n) is 1.88. The predicted molar refractivity (Wildman–Crippen MR) is 52.8 cm³/mol. The Morgan fingerprint density at radius 2 is 2.25 bits per heavy atom. The monoisotopic (exact) mass is 225 g/mol. The molecule has 1 aromatic heterocycles. The quantitative estimate of drug-likeness (QED) is 0.745. The molecule has 0 aliphatic carbocycles. The van der Waals surface area contributed by atoms with Crippen molar-refractivity contribution in [2.24, 2.45) is 7.05 Å². The van der Waals surface area contributed by atoms with Crippen LogP contribution >= 0.6 is 15.9 Å². The number of anilines is 1. The molecule has 0 fully saturated rings. The van der Waals surface area contributed by atoms with Crippen LogP contribution < -0.4 is 5.73 Å². The summed E-state index contributed by atoms with van der Waals surface area (Å²) in [5.41, 5.74) is 7.61. The molecule has 0 atom stereocenters. The molecule has 2 rings (SSSR count). The molecular weight excluding hydrogens is 218 g/mol. The van der Waals surface area contributed by atoms with E-state index >= 15 is 0 Å². The number of rotatable bonds is 0. The van der Waals surface area contributed by atoms with Gasteiger partial charge in [-0.25, -0.2) is 4.98 Å². The highest BCUT2D eigenvalue weighted by Crippen LogP contribution is 2.24. The lowest BCUT2D eigenvalue weighted by Crippen LogP contribution is -1.96. The normalized spacial score (nSPS) is 10.8. The van der Waals surface area contributed by atoms with Gasteiger partial charge in [0.2, 0.25) is 5.95 Å². The third-order valence-corrected chi connectivity index (χ3v) is 2.52. The summed E-state index contributed by atoms with van der Waals surface area (Å²) < 4.78 is 2.88. The molecule has 2 aromatic rings. The van der Waals surface area contributed by atoms with E-state index in [1.165, 1.54) is 0 Å². The van der Waals surface area contributed by atoms with Gasteiger partial charge in [0.25, 0.3) is 0 Å². The fourth-order valence-corrected chi connectivity index (χ4v) is 1.86. The maximum Gasteiger partial charge on any atom is 0.200 e. The SMILES string of the molecule is Cn1c(N)nc2cccc(Br)c21. The number of halogens is 1. The molecule has 0 unspecified atom stereocenters. The second-order valence-corrected chi connectivity index (χ2v) is 3.49. The van der Waals surface area contributed by atoms with Crippen molar-refractivity contribution in [2.45, 2.75) is 0 Å². The van der Waals surface area contributed by atoms with Gasteiger partial charge in [0.1, 0.15) is 0 Å². The second kappa shape index (κ2) is 2.48. The highest BCUT2D eigenvalue weighted by atomic mass is 79.9. The standard InChI is InChI=1S/C8H8BrN3/c1-12-7-5(9)3-2-4-6(7)11-8(12)10/h2-4H,1H3,(H2,10,11). The number of aryl methyl sites for hydroxylation is 1. The van der Waals surface area contributed by atoms with Gasteiger partial charge < -0.3 is 10.3 Å². The van der Waals surface area contributed by atoms with Gasteiger partial charge in [-0.2, -0.15) is 0 Å². The summed E-state index contributed by atoms with van der Waals surface area (Å²) in [5.74, 6) is 0.539. The topological polar surface area (TPSA) is 43.8 Å². The Labute approximate surface area is 78.3 Å². The number of hydrogen-bond acceptors (Lipinski definition) is 2. The average molecular weight is 226 g/mol. The molecule has 12 heavy (non-hydrogen) atoms. The van der Waals surface area contributed by atoms with Crippen LogP contribution in [0, 0.1) is 0 Å². The Morgan fingerprint density at radius 1 is 1.50 bits per heavy atom. The number of benzene rings is 1. The fraction of sp³-hybridized carbons (Fsp3) is 0.125. The van der Waals surface area contributed by atoms with Crippen LogP contribution in [0.1, 0.15) is 0 Å². The Balaban J connectivity index is 2.97. The van der Waals surface area contributed by atoms with Crippen LogP contribution in [0.4, 0.5) is 5.95 Å². The number of nitrogens with two attached hydrogens (primary N) is 1. The van der Waals surface area contributed by atoms with Crippen molar-refractivity contribution in [3.63, 3.8) is 0 Å². The molecule has 1 aromatic carbocycles. The van der Waals surface area contributed by atoms with Crippen LogP contribution in [-0.2, 0) is 7.05 Å². The van der Waals surface area contributed by atoms with Crippen LogP contribution in [0.3, 0.4) is 0 Å². The number of nitrogen functional groups attached to an aromatic ring is 1. The van der Waals surface area contributed by atoms with E-state index in [2.05, 4.69) is 20.9 Å². The first kappa shape index (κ1) is 7.61. The van der Waals surface area contributed by atoms with Crippen LogP contribution in [0.5, 0.6) is 0 Å². The van der Waals surface area contributed by atoms with Crippen LogP contribution in [0.25, 0.3) is 11.0 Å². The zero-order valence-electron chi connectivity index (χ0n) is 6.58. The molecule has 1 heterocycles. The highest BCUT2D eigenvalue weighted by molar-refractivity contribution is 9.10. The van der Waals surface area contributed by atoms with E-state index in [1.807, 2.05) is 29.8 Å². The predicted octanol–water partition coefficient (Wildman–Crippen LogP) is 1.92. The van der Waals surface area contributed by atoms with Gasteiger partial charge in [-0.3, -0.25) is 0 Å². The molecule has 0 aliphatic rings. The summed E-state index contributed by atoms with van der Waals surface area (Å²) >= 11 is 3.44. The first-order valence-electron chi connectivity index (χ1n) is 3.56. The average Bonchev–Trinajstić information content (AvgIpc) is 2.29.